The molecular formula is C8H10ClOP. The molecule has 11 heavy (non-hydrogen) atoms. The summed E-state index contributed by atoms with van der Waals surface area (Å²) in [6.07, 6.45) is 0. The Balaban J connectivity index is 2.74. The van der Waals surface area contributed by atoms with Crippen molar-refractivity contribution in [2.75, 3.05) is 12.7 Å². The Labute approximate surface area is 73.5 Å². The van der Waals surface area contributed by atoms with E-state index in [-0.39, 0.29) is 0 Å². The Kier molecular flexibility index (Phi) is 3.68. The monoisotopic (exact) mass is 188 g/mol. The van der Waals surface area contributed by atoms with Crippen molar-refractivity contribution >= 4 is 25.5 Å². The minimum atomic E-state index is 0.672. The summed E-state index contributed by atoms with van der Waals surface area (Å²) in [5.74, 6) is 0.903. The van der Waals surface area contributed by atoms with E-state index in [1.54, 1.807) is 7.11 Å². The maximum Gasteiger partial charge on any atom is 0.119 e. The first-order valence-electron chi connectivity index (χ1n) is 3.30. The maximum atomic E-state index is 5.60. The lowest BCUT2D eigenvalue weighted by Gasteiger charge is -2.01. The maximum absolute atomic E-state index is 5.60. The van der Waals surface area contributed by atoms with Crippen LogP contribution in [0.4, 0.5) is 0 Å². The van der Waals surface area contributed by atoms with Crippen LogP contribution in [0.1, 0.15) is 0 Å². The van der Waals surface area contributed by atoms with Crippen molar-refractivity contribution in [2.45, 2.75) is 0 Å². The average Bonchev–Trinajstić information content (AvgIpc) is 2.06. The van der Waals surface area contributed by atoms with Gasteiger partial charge in [-0.05, 0) is 17.4 Å². The Bertz CT molecular complexity index is 227. The topological polar surface area (TPSA) is 9.23 Å². The van der Waals surface area contributed by atoms with E-state index in [0.29, 0.717) is 14.2 Å². The summed E-state index contributed by atoms with van der Waals surface area (Å²) in [5.41, 5.74) is 0.688. The number of benzene rings is 1. The van der Waals surface area contributed by atoms with Gasteiger partial charge in [0.25, 0.3) is 0 Å². The van der Waals surface area contributed by atoms with Crippen LogP contribution < -0.4 is 10.0 Å². The molecule has 0 bridgehead atoms. The third-order valence-electron chi connectivity index (χ3n) is 1.34. The fourth-order valence-electron chi connectivity index (χ4n) is 0.810. The van der Waals surface area contributed by atoms with Crippen molar-refractivity contribution in [3.05, 3.63) is 24.3 Å². The van der Waals surface area contributed by atoms with E-state index in [1.165, 1.54) is 5.30 Å². The molecular weight excluding hydrogens is 179 g/mol. The number of methoxy groups -OCH3 is 1. The van der Waals surface area contributed by atoms with Gasteiger partial charge >= 0.3 is 0 Å². The minimum Gasteiger partial charge on any atom is -0.497 e. The summed E-state index contributed by atoms with van der Waals surface area (Å²) >= 11 is 5.60. The van der Waals surface area contributed by atoms with Crippen molar-refractivity contribution in [2.24, 2.45) is 0 Å². The van der Waals surface area contributed by atoms with Crippen molar-refractivity contribution < 1.29 is 4.74 Å². The molecule has 0 heterocycles. The van der Waals surface area contributed by atoms with Crippen molar-refractivity contribution in [3.8, 4) is 5.75 Å². The molecule has 3 heteroatoms. The lowest BCUT2D eigenvalue weighted by molar-refractivity contribution is 0.415. The first kappa shape index (κ1) is 8.83. The van der Waals surface area contributed by atoms with E-state index in [1.807, 2.05) is 18.2 Å². The largest absolute Gasteiger partial charge is 0.497 e. The number of alkyl halides is 1. The Morgan fingerprint density at radius 3 is 3.00 bits per heavy atom. The van der Waals surface area contributed by atoms with E-state index in [9.17, 15) is 0 Å². The van der Waals surface area contributed by atoms with Gasteiger partial charge < -0.3 is 4.74 Å². The lowest BCUT2D eigenvalue weighted by atomic mass is 10.3. The van der Waals surface area contributed by atoms with Gasteiger partial charge in [0, 0.05) is 5.62 Å². The Hall–Kier alpha value is -0.260. The molecule has 0 saturated heterocycles. The van der Waals surface area contributed by atoms with Crippen molar-refractivity contribution in [1.29, 1.82) is 0 Å². The SMILES string of the molecule is COc1cccc(PCCl)c1. The van der Waals surface area contributed by atoms with Crippen LogP contribution in [-0.2, 0) is 0 Å². The smallest absolute Gasteiger partial charge is 0.119 e. The van der Waals surface area contributed by atoms with E-state index >= 15 is 0 Å². The zero-order valence-corrected chi connectivity index (χ0v) is 8.06. The molecule has 0 saturated carbocycles. The molecule has 1 unspecified atom stereocenters. The highest BCUT2D eigenvalue weighted by atomic mass is 35.5. The number of hydrogen-bond acceptors (Lipinski definition) is 1. The summed E-state index contributed by atoms with van der Waals surface area (Å²) in [4.78, 5) is 0. The lowest BCUT2D eigenvalue weighted by Crippen LogP contribution is -1.94. The predicted molar refractivity (Wildman–Crippen MR) is 51.7 cm³/mol. The van der Waals surface area contributed by atoms with Gasteiger partial charge in [-0.15, -0.1) is 11.6 Å². The van der Waals surface area contributed by atoms with Gasteiger partial charge in [-0.25, -0.2) is 0 Å². The first-order chi connectivity index (χ1) is 5.36. The molecule has 0 N–H and O–H groups in total. The molecule has 0 aliphatic heterocycles. The highest BCUT2D eigenvalue weighted by molar-refractivity contribution is 7.49. The van der Waals surface area contributed by atoms with Crippen LogP contribution in [0, 0.1) is 0 Å². The van der Waals surface area contributed by atoms with E-state index in [0.717, 1.165) is 5.75 Å². The number of hydrogen-bond donors (Lipinski definition) is 0. The van der Waals surface area contributed by atoms with Gasteiger partial charge in [0.15, 0.2) is 0 Å². The standard InChI is InChI=1S/C8H10ClOP/c1-10-7-3-2-4-8(5-7)11-6-9/h2-5,11H,6H2,1H3. The average molecular weight is 189 g/mol. The van der Waals surface area contributed by atoms with Gasteiger partial charge in [0.1, 0.15) is 5.75 Å². The molecule has 1 rings (SSSR count). The highest BCUT2D eigenvalue weighted by Crippen LogP contribution is 2.15. The van der Waals surface area contributed by atoms with Crippen LogP contribution in [0.2, 0.25) is 0 Å². The predicted octanol–water partition coefficient (Wildman–Crippen LogP) is 2.20. The highest BCUT2D eigenvalue weighted by Gasteiger charge is 1.93. The summed E-state index contributed by atoms with van der Waals surface area (Å²) < 4.78 is 5.06. The van der Waals surface area contributed by atoms with Crippen LogP contribution in [0.5, 0.6) is 5.75 Å². The summed E-state index contributed by atoms with van der Waals surface area (Å²) in [6.45, 7) is 0. The van der Waals surface area contributed by atoms with Crippen molar-refractivity contribution in [3.63, 3.8) is 0 Å². The van der Waals surface area contributed by atoms with Gasteiger partial charge in [-0.2, -0.15) is 0 Å². The van der Waals surface area contributed by atoms with Gasteiger partial charge in [0.2, 0.25) is 0 Å². The summed E-state index contributed by atoms with van der Waals surface area (Å²) in [6, 6.07) is 7.99. The molecule has 0 aliphatic rings. The summed E-state index contributed by atoms with van der Waals surface area (Å²) in [7, 11) is 2.34. The summed E-state index contributed by atoms with van der Waals surface area (Å²) in [5, 5.41) is 1.25. The zero-order valence-electron chi connectivity index (χ0n) is 6.30. The number of halogens is 1. The minimum absolute atomic E-state index is 0.672. The van der Waals surface area contributed by atoms with Crippen molar-refractivity contribution in [1.82, 2.24) is 0 Å². The Morgan fingerprint density at radius 2 is 2.36 bits per heavy atom. The van der Waals surface area contributed by atoms with Gasteiger partial charge in [-0.3, -0.25) is 0 Å². The second-order valence-corrected chi connectivity index (χ2v) is 4.04. The zero-order chi connectivity index (χ0) is 8.10. The quantitative estimate of drug-likeness (QED) is 0.522. The number of ether oxygens (including phenoxy) is 1. The van der Waals surface area contributed by atoms with Crippen LogP contribution in [0.15, 0.2) is 24.3 Å². The fraction of sp³-hybridized carbons (Fsp3) is 0.250. The van der Waals surface area contributed by atoms with E-state index in [2.05, 4.69) is 6.07 Å². The molecule has 0 aliphatic carbocycles. The second kappa shape index (κ2) is 4.58. The van der Waals surface area contributed by atoms with Gasteiger partial charge in [0.05, 0.1) is 7.11 Å². The van der Waals surface area contributed by atoms with E-state index < -0.39 is 0 Å². The molecule has 1 nitrogen and oxygen atoms in total. The van der Waals surface area contributed by atoms with E-state index in [4.69, 9.17) is 16.3 Å². The van der Waals surface area contributed by atoms with Crippen LogP contribution in [0.25, 0.3) is 0 Å². The molecule has 1 aromatic rings. The molecule has 0 spiro atoms. The number of rotatable bonds is 3. The molecule has 0 aromatic heterocycles. The normalized spacial score (nSPS) is 10.7. The van der Waals surface area contributed by atoms with Gasteiger partial charge in [-0.1, -0.05) is 20.7 Å². The first-order valence-corrected chi connectivity index (χ1v) is 5.05. The fourth-order valence-corrected chi connectivity index (χ4v) is 1.89. The molecule has 1 aromatic carbocycles. The second-order valence-electron chi connectivity index (χ2n) is 2.04. The molecule has 0 amide bonds. The molecule has 0 fully saturated rings. The van der Waals surface area contributed by atoms with Crippen LogP contribution in [-0.4, -0.2) is 12.7 Å². The third-order valence-corrected chi connectivity index (χ3v) is 2.59. The van der Waals surface area contributed by atoms with Crippen LogP contribution in [0.3, 0.4) is 0 Å². The third kappa shape index (κ3) is 2.69. The van der Waals surface area contributed by atoms with Crippen LogP contribution >= 0.6 is 20.2 Å². The molecule has 0 radical (unpaired) electrons. The molecule has 60 valence electrons. The molecule has 1 atom stereocenters. The Morgan fingerprint density at radius 1 is 1.55 bits per heavy atom.